The third-order valence-corrected chi connectivity index (χ3v) is 5.70. The van der Waals surface area contributed by atoms with E-state index in [1.54, 1.807) is 7.11 Å². The van der Waals surface area contributed by atoms with Crippen molar-refractivity contribution < 1.29 is 19.4 Å². The minimum Gasteiger partial charge on any atom is -0.497 e. The van der Waals surface area contributed by atoms with E-state index in [1.807, 2.05) is 22.8 Å². The molecule has 0 radical (unpaired) electrons. The summed E-state index contributed by atoms with van der Waals surface area (Å²) in [5.74, 6) is 0.0547. The van der Waals surface area contributed by atoms with Crippen LogP contribution in [0.15, 0.2) is 18.2 Å². The van der Waals surface area contributed by atoms with Crippen LogP contribution in [-0.4, -0.2) is 72.3 Å². The maximum Gasteiger partial charge on any atom is 0.317 e. The van der Waals surface area contributed by atoms with E-state index in [4.69, 9.17) is 9.84 Å². The summed E-state index contributed by atoms with van der Waals surface area (Å²) in [4.78, 5) is 27.4. The van der Waals surface area contributed by atoms with Crippen LogP contribution in [-0.2, 0) is 17.6 Å². The largest absolute Gasteiger partial charge is 0.497 e. The topological polar surface area (TPSA) is 82.1 Å². The molecule has 0 spiro atoms. The lowest BCUT2D eigenvalue weighted by molar-refractivity contribution is -0.139. The molecule has 1 heterocycles. The molecule has 27 heavy (non-hydrogen) atoms. The molecule has 0 aromatic heterocycles. The quantitative estimate of drug-likeness (QED) is 0.792. The van der Waals surface area contributed by atoms with Crippen molar-refractivity contribution in [3.63, 3.8) is 0 Å². The number of aliphatic carboxylic acids is 1. The van der Waals surface area contributed by atoms with Crippen molar-refractivity contribution in [1.29, 1.82) is 0 Å². The van der Waals surface area contributed by atoms with Crippen molar-refractivity contribution in [2.75, 3.05) is 33.3 Å². The second kappa shape index (κ2) is 8.61. The predicted molar refractivity (Wildman–Crippen MR) is 102 cm³/mol. The first-order valence-corrected chi connectivity index (χ1v) is 9.67. The number of hydrogen-bond acceptors (Lipinski definition) is 4. The number of methoxy groups -OCH3 is 1. The summed E-state index contributed by atoms with van der Waals surface area (Å²) >= 11 is 0. The Morgan fingerprint density at radius 1 is 1.26 bits per heavy atom. The van der Waals surface area contributed by atoms with Gasteiger partial charge in [-0.2, -0.15) is 0 Å². The van der Waals surface area contributed by atoms with Gasteiger partial charge in [0.1, 0.15) is 5.75 Å². The third kappa shape index (κ3) is 4.71. The molecule has 2 N–H and O–H groups in total. The zero-order valence-corrected chi connectivity index (χ0v) is 16.1. The number of benzene rings is 1. The molecule has 2 amide bonds. The molecule has 1 aliphatic heterocycles. The van der Waals surface area contributed by atoms with Crippen molar-refractivity contribution in [1.82, 2.24) is 15.1 Å². The summed E-state index contributed by atoms with van der Waals surface area (Å²) in [7, 11) is 1.67. The lowest BCUT2D eigenvalue weighted by atomic mass is 9.85. The molecular weight excluding hydrogens is 346 g/mol. The van der Waals surface area contributed by atoms with E-state index in [2.05, 4.69) is 17.4 Å². The van der Waals surface area contributed by atoms with Gasteiger partial charge in [0, 0.05) is 25.2 Å². The van der Waals surface area contributed by atoms with Gasteiger partial charge in [-0.05, 0) is 55.5 Å². The van der Waals surface area contributed by atoms with Gasteiger partial charge in [0.25, 0.3) is 0 Å². The highest BCUT2D eigenvalue weighted by atomic mass is 16.5. The zero-order chi connectivity index (χ0) is 19.4. The number of carbonyl (C=O) groups is 2. The number of nitrogens with one attached hydrogen (secondary N) is 1. The van der Waals surface area contributed by atoms with Crippen molar-refractivity contribution in [3.8, 4) is 5.75 Å². The van der Waals surface area contributed by atoms with Crippen LogP contribution in [0.4, 0.5) is 4.79 Å². The third-order valence-electron chi connectivity index (χ3n) is 5.70. The molecule has 3 rings (SSSR count). The predicted octanol–water partition coefficient (Wildman–Crippen LogP) is 1.74. The highest BCUT2D eigenvalue weighted by Crippen LogP contribution is 2.26. The Morgan fingerprint density at radius 2 is 1.96 bits per heavy atom. The van der Waals surface area contributed by atoms with Crippen LogP contribution in [0, 0.1) is 0 Å². The van der Waals surface area contributed by atoms with E-state index in [9.17, 15) is 9.59 Å². The molecule has 0 saturated heterocycles. The molecule has 0 unspecified atom stereocenters. The first-order chi connectivity index (χ1) is 13.0. The standard InChI is InChI=1S/C20H29N3O4/c1-3-22(13-19(24)25)17-11-16(12-17)21-20(26)23-8-6-14-4-5-18(27-2)10-15(14)7-9-23/h4-5,10,16-17H,3,6-9,11-13H2,1-2H3,(H,21,26)(H,24,25). The maximum atomic E-state index is 12.6. The van der Waals surface area contributed by atoms with Crippen LogP contribution in [0.1, 0.15) is 30.9 Å². The monoisotopic (exact) mass is 375 g/mol. The fourth-order valence-corrected chi connectivity index (χ4v) is 3.97. The Bertz CT molecular complexity index is 688. The average Bonchev–Trinajstić information content (AvgIpc) is 2.84. The summed E-state index contributed by atoms with van der Waals surface area (Å²) in [6, 6.07) is 6.50. The number of fused-ring (bicyclic) bond motifs is 1. The number of nitrogens with zero attached hydrogens (tertiary/aromatic N) is 2. The zero-order valence-electron chi connectivity index (χ0n) is 16.1. The van der Waals surface area contributed by atoms with Crippen molar-refractivity contribution in [2.45, 2.75) is 44.7 Å². The molecule has 1 aliphatic carbocycles. The number of amides is 2. The lowest BCUT2D eigenvalue weighted by Gasteiger charge is -2.42. The van der Waals surface area contributed by atoms with Crippen molar-refractivity contribution >= 4 is 12.0 Å². The van der Waals surface area contributed by atoms with Crippen LogP contribution in [0.5, 0.6) is 5.75 Å². The van der Waals surface area contributed by atoms with Crippen molar-refractivity contribution in [2.24, 2.45) is 0 Å². The second-order valence-electron chi connectivity index (χ2n) is 7.35. The van der Waals surface area contributed by atoms with E-state index in [0.717, 1.165) is 31.4 Å². The van der Waals surface area contributed by atoms with E-state index >= 15 is 0 Å². The first-order valence-electron chi connectivity index (χ1n) is 9.67. The Hall–Kier alpha value is -2.28. The molecule has 0 atom stereocenters. The fraction of sp³-hybridized carbons (Fsp3) is 0.600. The van der Waals surface area contributed by atoms with Gasteiger partial charge < -0.3 is 20.1 Å². The minimum atomic E-state index is -0.801. The molecule has 1 aromatic carbocycles. The lowest BCUT2D eigenvalue weighted by Crippen LogP contribution is -2.57. The summed E-state index contributed by atoms with van der Waals surface area (Å²) < 4.78 is 5.30. The normalized spacial score (nSPS) is 21.8. The van der Waals surface area contributed by atoms with Crippen LogP contribution < -0.4 is 10.1 Å². The van der Waals surface area contributed by atoms with E-state index in [0.29, 0.717) is 19.6 Å². The summed E-state index contributed by atoms with van der Waals surface area (Å²) in [6.07, 6.45) is 3.31. The second-order valence-corrected chi connectivity index (χ2v) is 7.35. The maximum absolute atomic E-state index is 12.6. The molecule has 7 heteroatoms. The van der Waals surface area contributed by atoms with E-state index in [-0.39, 0.29) is 24.7 Å². The highest BCUT2D eigenvalue weighted by molar-refractivity contribution is 5.75. The highest BCUT2D eigenvalue weighted by Gasteiger charge is 2.35. The molecule has 0 bridgehead atoms. The van der Waals surface area contributed by atoms with E-state index in [1.165, 1.54) is 11.1 Å². The molecule has 1 saturated carbocycles. The van der Waals surface area contributed by atoms with Gasteiger partial charge in [-0.25, -0.2) is 4.79 Å². The van der Waals surface area contributed by atoms with Crippen LogP contribution in [0.25, 0.3) is 0 Å². The van der Waals surface area contributed by atoms with Crippen LogP contribution in [0.3, 0.4) is 0 Å². The van der Waals surface area contributed by atoms with Crippen LogP contribution in [0.2, 0.25) is 0 Å². The summed E-state index contributed by atoms with van der Waals surface area (Å²) in [6.45, 7) is 4.16. The van der Waals surface area contributed by atoms with Gasteiger partial charge in [-0.3, -0.25) is 9.69 Å². The van der Waals surface area contributed by atoms with Gasteiger partial charge in [-0.15, -0.1) is 0 Å². The number of rotatable bonds is 6. The number of urea groups is 1. The SMILES string of the molecule is CCN(CC(=O)O)C1CC(NC(=O)N2CCc3ccc(OC)cc3CC2)C1. The number of hydrogen-bond donors (Lipinski definition) is 2. The molecule has 2 aliphatic rings. The Kier molecular flexibility index (Phi) is 6.21. The Balaban J connectivity index is 1.48. The molecule has 7 nitrogen and oxygen atoms in total. The van der Waals surface area contributed by atoms with Gasteiger partial charge in [0.15, 0.2) is 0 Å². The van der Waals surface area contributed by atoms with Crippen LogP contribution >= 0.6 is 0 Å². The Morgan fingerprint density at radius 3 is 2.59 bits per heavy atom. The minimum absolute atomic E-state index is 0.0143. The molecule has 1 fully saturated rings. The van der Waals surface area contributed by atoms with Crippen molar-refractivity contribution in [3.05, 3.63) is 29.3 Å². The number of carboxylic acid groups (broad SMARTS) is 1. The van der Waals surface area contributed by atoms with Gasteiger partial charge in [0.05, 0.1) is 13.7 Å². The summed E-state index contributed by atoms with van der Waals surface area (Å²) in [5, 5.41) is 12.1. The molecule has 1 aromatic rings. The van der Waals surface area contributed by atoms with Gasteiger partial charge >= 0.3 is 12.0 Å². The van der Waals surface area contributed by atoms with Gasteiger partial charge in [-0.1, -0.05) is 13.0 Å². The number of ether oxygens (including phenoxy) is 1. The summed E-state index contributed by atoms with van der Waals surface area (Å²) in [5.41, 5.74) is 2.53. The van der Waals surface area contributed by atoms with E-state index < -0.39 is 5.97 Å². The van der Waals surface area contributed by atoms with Gasteiger partial charge in [0.2, 0.25) is 0 Å². The Labute approximate surface area is 160 Å². The number of likely N-dealkylation sites (N-methyl/N-ethyl adjacent to an activating group) is 1. The smallest absolute Gasteiger partial charge is 0.317 e. The number of carbonyl (C=O) groups excluding carboxylic acids is 1. The fourth-order valence-electron chi connectivity index (χ4n) is 3.97. The average molecular weight is 375 g/mol. The first kappa shape index (κ1) is 19.5. The number of carboxylic acids is 1. The molecular formula is C20H29N3O4. The molecule has 148 valence electrons.